The lowest BCUT2D eigenvalue weighted by molar-refractivity contribution is 0.596. The predicted octanol–water partition coefficient (Wildman–Crippen LogP) is 2.99. The highest BCUT2D eigenvalue weighted by Gasteiger charge is 2.18. The lowest BCUT2D eigenvalue weighted by atomic mass is 10.2. The maximum Gasteiger partial charge on any atom is 0.199 e. The van der Waals surface area contributed by atoms with Gasteiger partial charge in [-0.05, 0) is 23.6 Å². The van der Waals surface area contributed by atoms with E-state index in [-0.39, 0.29) is 21.2 Å². The maximum absolute atomic E-state index is 13.4. The average molecular weight is 286 g/mol. The van der Waals surface area contributed by atoms with Crippen LogP contribution in [0.2, 0.25) is 5.02 Å². The van der Waals surface area contributed by atoms with Crippen LogP contribution in [0.4, 0.5) is 4.39 Å². The molecule has 0 aliphatic carbocycles. The summed E-state index contributed by atoms with van der Waals surface area (Å²) in [4.78, 5) is 3.82. The monoisotopic (exact) mass is 285 g/mol. The molecule has 2 aromatic rings. The van der Waals surface area contributed by atoms with E-state index in [0.29, 0.717) is 5.39 Å². The molecule has 2 rings (SSSR count). The molecule has 0 aliphatic heterocycles. The first-order chi connectivity index (χ1) is 8.45. The molecule has 0 saturated carbocycles. The lowest BCUT2D eigenvalue weighted by Gasteiger charge is -2.06. The normalized spacial score (nSPS) is 11.7. The summed E-state index contributed by atoms with van der Waals surface area (Å²) in [6.45, 7) is 3.38. The SMILES string of the molecule is C=CCS(=O)(=O)c1nccc2cc(Cl)c(F)cc12. The van der Waals surface area contributed by atoms with E-state index in [1.807, 2.05) is 0 Å². The number of hydrogen-bond donors (Lipinski definition) is 0. The quantitative estimate of drug-likeness (QED) is 0.815. The topological polar surface area (TPSA) is 47.0 Å². The van der Waals surface area contributed by atoms with Gasteiger partial charge in [0.25, 0.3) is 0 Å². The minimum absolute atomic E-state index is 0.0548. The van der Waals surface area contributed by atoms with Gasteiger partial charge in [0.1, 0.15) is 5.82 Å². The highest BCUT2D eigenvalue weighted by atomic mass is 35.5. The molecule has 1 aromatic carbocycles. The summed E-state index contributed by atoms with van der Waals surface area (Å²) in [5.74, 6) is -0.921. The van der Waals surface area contributed by atoms with Crippen LogP contribution in [0.5, 0.6) is 0 Å². The van der Waals surface area contributed by atoms with Crippen molar-refractivity contribution in [3.8, 4) is 0 Å². The van der Waals surface area contributed by atoms with E-state index in [9.17, 15) is 12.8 Å². The van der Waals surface area contributed by atoms with Crippen molar-refractivity contribution in [1.29, 1.82) is 0 Å². The second kappa shape index (κ2) is 4.66. The zero-order valence-corrected chi connectivity index (χ0v) is 10.8. The number of pyridine rings is 1. The molecule has 1 heterocycles. The Hall–Kier alpha value is -1.46. The first kappa shape index (κ1) is 13.0. The summed E-state index contributed by atoms with van der Waals surface area (Å²) in [7, 11) is -3.61. The van der Waals surface area contributed by atoms with Crippen molar-refractivity contribution in [2.24, 2.45) is 0 Å². The molecule has 94 valence electrons. The summed E-state index contributed by atoms with van der Waals surface area (Å²) in [5.41, 5.74) is 0. The fraction of sp³-hybridized carbons (Fsp3) is 0.0833. The van der Waals surface area contributed by atoms with Crippen molar-refractivity contribution in [1.82, 2.24) is 4.98 Å². The Bertz CT molecular complexity index is 728. The van der Waals surface area contributed by atoms with Gasteiger partial charge >= 0.3 is 0 Å². The van der Waals surface area contributed by atoms with Gasteiger partial charge in [0.2, 0.25) is 0 Å². The van der Waals surface area contributed by atoms with Crippen molar-refractivity contribution < 1.29 is 12.8 Å². The van der Waals surface area contributed by atoms with E-state index < -0.39 is 15.7 Å². The van der Waals surface area contributed by atoms with Gasteiger partial charge in [0, 0.05) is 11.6 Å². The minimum atomic E-state index is -3.61. The number of rotatable bonds is 3. The van der Waals surface area contributed by atoms with Crippen LogP contribution in [0.1, 0.15) is 0 Å². The highest BCUT2D eigenvalue weighted by molar-refractivity contribution is 7.91. The molecule has 0 N–H and O–H groups in total. The van der Waals surface area contributed by atoms with Gasteiger partial charge < -0.3 is 0 Å². The largest absolute Gasteiger partial charge is 0.244 e. The van der Waals surface area contributed by atoms with Crippen LogP contribution in [0.3, 0.4) is 0 Å². The van der Waals surface area contributed by atoms with Crippen molar-refractivity contribution in [3.63, 3.8) is 0 Å². The zero-order valence-electron chi connectivity index (χ0n) is 9.23. The summed E-state index contributed by atoms with van der Waals surface area (Å²) in [5, 5.41) is 0.538. The molecule has 0 atom stereocenters. The van der Waals surface area contributed by atoms with Crippen molar-refractivity contribution >= 4 is 32.2 Å². The second-order valence-corrected chi connectivity index (χ2v) is 6.03. The predicted molar refractivity (Wildman–Crippen MR) is 69.0 cm³/mol. The number of aromatic nitrogens is 1. The van der Waals surface area contributed by atoms with Crippen LogP contribution < -0.4 is 0 Å². The molecule has 0 unspecified atom stereocenters. The molecule has 0 bridgehead atoms. The second-order valence-electron chi connectivity index (χ2n) is 3.67. The molecular weight excluding hydrogens is 277 g/mol. The molecule has 18 heavy (non-hydrogen) atoms. The van der Waals surface area contributed by atoms with E-state index in [0.717, 1.165) is 6.07 Å². The van der Waals surface area contributed by atoms with Crippen molar-refractivity contribution in [2.75, 3.05) is 5.75 Å². The molecule has 0 fully saturated rings. The summed E-state index contributed by atoms with van der Waals surface area (Å²) in [6, 6.07) is 4.04. The molecule has 1 aromatic heterocycles. The molecule has 0 radical (unpaired) electrons. The van der Waals surface area contributed by atoms with Gasteiger partial charge in [-0.25, -0.2) is 17.8 Å². The molecule has 6 heteroatoms. The van der Waals surface area contributed by atoms with Gasteiger partial charge in [-0.3, -0.25) is 0 Å². The molecule has 3 nitrogen and oxygen atoms in total. The number of halogens is 2. The Balaban J connectivity index is 2.81. The Morgan fingerprint density at radius 1 is 1.44 bits per heavy atom. The van der Waals surface area contributed by atoms with Crippen LogP contribution in [0.15, 0.2) is 42.1 Å². The van der Waals surface area contributed by atoms with Gasteiger partial charge in [-0.1, -0.05) is 17.7 Å². The van der Waals surface area contributed by atoms with Crippen molar-refractivity contribution in [2.45, 2.75) is 5.03 Å². The summed E-state index contributed by atoms with van der Waals surface area (Å²) < 4.78 is 37.3. The van der Waals surface area contributed by atoms with E-state index in [1.54, 1.807) is 6.07 Å². The molecular formula is C12H9ClFNO2S. The molecule has 0 saturated heterocycles. The molecule has 0 spiro atoms. The molecule has 0 amide bonds. The first-order valence-electron chi connectivity index (χ1n) is 5.03. The number of nitrogens with zero attached hydrogens (tertiary/aromatic N) is 1. The Morgan fingerprint density at radius 2 is 2.17 bits per heavy atom. The molecule has 0 aliphatic rings. The summed E-state index contributed by atoms with van der Waals surface area (Å²) >= 11 is 5.65. The number of benzene rings is 1. The fourth-order valence-electron chi connectivity index (χ4n) is 1.62. The number of hydrogen-bond acceptors (Lipinski definition) is 3. The van der Waals surface area contributed by atoms with Crippen LogP contribution >= 0.6 is 11.6 Å². The zero-order chi connectivity index (χ0) is 13.3. The van der Waals surface area contributed by atoms with E-state index in [1.165, 1.54) is 18.3 Å². The Kier molecular flexibility index (Phi) is 3.36. The van der Waals surface area contributed by atoms with Gasteiger partial charge in [-0.15, -0.1) is 6.58 Å². The van der Waals surface area contributed by atoms with Crippen molar-refractivity contribution in [3.05, 3.63) is 47.9 Å². The van der Waals surface area contributed by atoms with E-state index >= 15 is 0 Å². The first-order valence-corrected chi connectivity index (χ1v) is 7.06. The minimum Gasteiger partial charge on any atom is -0.244 e. The number of sulfone groups is 1. The smallest absolute Gasteiger partial charge is 0.199 e. The van der Waals surface area contributed by atoms with Crippen LogP contribution in [-0.2, 0) is 9.84 Å². The van der Waals surface area contributed by atoms with Crippen LogP contribution in [0.25, 0.3) is 10.8 Å². The lowest BCUT2D eigenvalue weighted by Crippen LogP contribution is -2.07. The standard InChI is InChI=1S/C12H9ClFNO2S/c1-2-5-18(16,17)12-9-7-11(14)10(13)6-8(9)3-4-15-12/h2-4,6-7H,1,5H2. The maximum atomic E-state index is 13.4. The third-order valence-corrected chi connectivity index (χ3v) is 4.28. The average Bonchev–Trinajstić information content (AvgIpc) is 2.29. The van der Waals surface area contributed by atoms with Gasteiger partial charge in [0.15, 0.2) is 14.9 Å². The van der Waals surface area contributed by atoms with Crippen LogP contribution in [-0.4, -0.2) is 19.2 Å². The van der Waals surface area contributed by atoms with E-state index in [4.69, 9.17) is 11.6 Å². The van der Waals surface area contributed by atoms with Gasteiger partial charge in [-0.2, -0.15) is 0 Å². The van der Waals surface area contributed by atoms with E-state index in [2.05, 4.69) is 11.6 Å². The third kappa shape index (κ3) is 2.23. The Morgan fingerprint density at radius 3 is 2.83 bits per heavy atom. The third-order valence-electron chi connectivity index (χ3n) is 2.40. The summed E-state index contributed by atoms with van der Waals surface area (Å²) in [6.07, 6.45) is 2.62. The fourth-order valence-corrected chi connectivity index (χ4v) is 3.00. The van der Waals surface area contributed by atoms with Gasteiger partial charge in [0.05, 0.1) is 10.8 Å². The number of fused-ring (bicyclic) bond motifs is 1. The van der Waals surface area contributed by atoms with Crippen LogP contribution in [0, 0.1) is 5.82 Å². The Labute approximate surface area is 109 Å². The highest BCUT2D eigenvalue weighted by Crippen LogP contribution is 2.27.